The second-order valence-corrected chi connectivity index (χ2v) is 17.9. The van der Waals surface area contributed by atoms with Crippen molar-refractivity contribution in [2.24, 2.45) is 0 Å². The molecule has 14 rings (SSSR count). The highest BCUT2D eigenvalue weighted by Crippen LogP contribution is 2.63. The SMILES string of the molecule is c1ccc(-c2ccc(N(c3ccc(-c4ccccc4)cc3)c3ccc4oc5c(-c6ccc7c(c6)C6(c8ccccc8-c8ccccc86)c6ccccc6-7)c6ccccc6cc5c4c3)cc2)cc1. The first-order valence-corrected chi connectivity index (χ1v) is 23.2. The van der Waals surface area contributed by atoms with Gasteiger partial charge in [-0.3, -0.25) is 0 Å². The fourth-order valence-electron chi connectivity index (χ4n) is 11.6. The molecule has 2 aliphatic rings. The number of fused-ring (bicyclic) bond motifs is 14. The first-order chi connectivity index (χ1) is 33.2. The van der Waals surface area contributed by atoms with E-state index < -0.39 is 5.41 Å². The van der Waals surface area contributed by atoms with Gasteiger partial charge in [0, 0.05) is 33.4 Å². The Morgan fingerprint density at radius 3 is 1.34 bits per heavy atom. The Morgan fingerprint density at radius 1 is 0.299 bits per heavy atom. The molecule has 1 spiro atoms. The summed E-state index contributed by atoms with van der Waals surface area (Å²) in [5.41, 5.74) is 22.1. The molecule has 0 N–H and O–H groups in total. The Labute approximate surface area is 389 Å². The van der Waals surface area contributed by atoms with Crippen molar-refractivity contribution in [1.82, 2.24) is 0 Å². The molecule has 0 bridgehead atoms. The van der Waals surface area contributed by atoms with E-state index in [4.69, 9.17) is 4.42 Å². The highest BCUT2D eigenvalue weighted by atomic mass is 16.3. The van der Waals surface area contributed by atoms with Gasteiger partial charge >= 0.3 is 0 Å². The van der Waals surface area contributed by atoms with Crippen LogP contribution in [0.4, 0.5) is 17.1 Å². The Bertz CT molecular complexity index is 3760. The molecule has 2 heteroatoms. The van der Waals surface area contributed by atoms with Gasteiger partial charge in [0.05, 0.1) is 5.41 Å². The van der Waals surface area contributed by atoms with Crippen LogP contribution in [0.25, 0.3) is 88.3 Å². The van der Waals surface area contributed by atoms with E-state index in [1.165, 1.54) is 77.5 Å². The van der Waals surface area contributed by atoms with Crippen molar-refractivity contribution >= 4 is 49.8 Å². The van der Waals surface area contributed by atoms with Crippen LogP contribution in [0.3, 0.4) is 0 Å². The van der Waals surface area contributed by atoms with Gasteiger partial charge in [0.1, 0.15) is 11.2 Å². The van der Waals surface area contributed by atoms with Gasteiger partial charge in [-0.25, -0.2) is 0 Å². The van der Waals surface area contributed by atoms with E-state index in [1.54, 1.807) is 0 Å². The van der Waals surface area contributed by atoms with Crippen LogP contribution >= 0.6 is 0 Å². The second kappa shape index (κ2) is 14.7. The maximum atomic E-state index is 7.11. The third-order valence-electron chi connectivity index (χ3n) is 14.5. The lowest BCUT2D eigenvalue weighted by Crippen LogP contribution is -2.25. The van der Waals surface area contributed by atoms with E-state index in [9.17, 15) is 0 Å². The van der Waals surface area contributed by atoms with Crippen LogP contribution in [0.5, 0.6) is 0 Å². The molecule has 0 aliphatic heterocycles. The molecule has 0 fully saturated rings. The van der Waals surface area contributed by atoms with Gasteiger partial charge in [-0.15, -0.1) is 0 Å². The molecule has 0 amide bonds. The van der Waals surface area contributed by atoms with E-state index in [-0.39, 0.29) is 0 Å². The fraction of sp³-hybridized carbons (Fsp3) is 0.0154. The van der Waals surface area contributed by atoms with E-state index in [0.29, 0.717) is 0 Å². The number of rotatable bonds is 6. The fourth-order valence-corrected chi connectivity index (χ4v) is 11.6. The number of anilines is 3. The topological polar surface area (TPSA) is 16.4 Å². The van der Waals surface area contributed by atoms with Gasteiger partial charge < -0.3 is 9.32 Å². The van der Waals surface area contributed by atoms with Gasteiger partial charge in [0.2, 0.25) is 0 Å². The normalized spacial score (nSPS) is 12.9. The Morgan fingerprint density at radius 2 is 0.761 bits per heavy atom. The van der Waals surface area contributed by atoms with E-state index in [2.05, 4.69) is 254 Å². The molecule has 67 heavy (non-hydrogen) atoms. The smallest absolute Gasteiger partial charge is 0.143 e. The van der Waals surface area contributed by atoms with Crippen molar-refractivity contribution < 1.29 is 4.42 Å². The summed E-state index contributed by atoms with van der Waals surface area (Å²) in [4.78, 5) is 2.36. The average molecular weight is 852 g/mol. The van der Waals surface area contributed by atoms with Gasteiger partial charge in [-0.1, -0.05) is 194 Å². The molecule has 0 saturated carbocycles. The maximum absolute atomic E-state index is 7.11. The minimum Gasteiger partial charge on any atom is -0.455 e. The highest BCUT2D eigenvalue weighted by Gasteiger charge is 2.51. The van der Waals surface area contributed by atoms with Crippen LogP contribution in [0.15, 0.2) is 253 Å². The maximum Gasteiger partial charge on any atom is 0.143 e. The van der Waals surface area contributed by atoms with Crippen molar-refractivity contribution in [3.63, 3.8) is 0 Å². The molecule has 312 valence electrons. The largest absolute Gasteiger partial charge is 0.455 e. The summed E-state index contributed by atoms with van der Waals surface area (Å²) >= 11 is 0. The zero-order valence-corrected chi connectivity index (χ0v) is 36.5. The third-order valence-corrected chi connectivity index (χ3v) is 14.5. The van der Waals surface area contributed by atoms with Crippen molar-refractivity contribution in [3.8, 4) is 55.6 Å². The molecule has 12 aromatic rings. The van der Waals surface area contributed by atoms with Crippen molar-refractivity contribution in [1.29, 1.82) is 0 Å². The molecule has 0 unspecified atom stereocenters. The molecule has 2 aliphatic carbocycles. The van der Waals surface area contributed by atoms with Gasteiger partial charge in [-0.2, -0.15) is 0 Å². The van der Waals surface area contributed by atoms with E-state index >= 15 is 0 Å². The van der Waals surface area contributed by atoms with Crippen LogP contribution in [0, 0.1) is 0 Å². The Balaban J connectivity index is 0.964. The molecule has 2 nitrogen and oxygen atoms in total. The standard InChI is InChI=1S/C65H41NO/c1-3-15-42(16-4-1)44-27-32-48(33-28-44)66(49-34-29-45(30-35-49)43-17-5-2-6-18-43)50-36-38-62-56(41-50)57-39-46-19-7-8-20-51(46)63(64(57)67-62)47-31-37-55-54-23-11-14-26-60(54)65(61(55)40-47)58-24-12-9-21-52(58)53-22-10-13-25-59(53)65/h1-41H. The summed E-state index contributed by atoms with van der Waals surface area (Å²) in [6, 6.07) is 91.0. The van der Waals surface area contributed by atoms with Crippen LogP contribution in [0.2, 0.25) is 0 Å². The number of nitrogens with zero attached hydrogens (tertiary/aromatic N) is 1. The van der Waals surface area contributed by atoms with Gasteiger partial charge in [0.25, 0.3) is 0 Å². The lowest BCUT2D eigenvalue weighted by Gasteiger charge is -2.30. The van der Waals surface area contributed by atoms with Crippen LogP contribution in [-0.4, -0.2) is 0 Å². The minimum atomic E-state index is -0.441. The number of hydrogen-bond donors (Lipinski definition) is 0. The molecular formula is C65H41NO. The van der Waals surface area contributed by atoms with Crippen LogP contribution in [-0.2, 0) is 5.41 Å². The van der Waals surface area contributed by atoms with Crippen LogP contribution in [0.1, 0.15) is 22.3 Å². The Kier molecular flexibility index (Phi) is 8.23. The predicted molar refractivity (Wildman–Crippen MR) is 279 cm³/mol. The third kappa shape index (κ3) is 5.57. The molecule has 1 heterocycles. The number of furan rings is 1. The lowest BCUT2D eigenvalue weighted by molar-refractivity contribution is 0.670. The van der Waals surface area contributed by atoms with Gasteiger partial charge in [-0.05, 0) is 138 Å². The summed E-state index contributed by atoms with van der Waals surface area (Å²) in [6.45, 7) is 0. The van der Waals surface area contributed by atoms with Gasteiger partial charge in [0.15, 0.2) is 0 Å². The lowest BCUT2D eigenvalue weighted by atomic mass is 9.70. The zero-order valence-electron chi connectivity index (χ0n) is 36.5. The molecule has 11 aromatic carbocycles. The van der Waals surface area contributed by atoms with E-state index in [1.807, 2.05) is 0 Å². The predicted octanol–water partition coefficient (Wildman–Crippen LogP) is 17.6. The number of hydrogen-bond acceptors (Lipinski definition) is 2. The zero-order chi connectivity index (χ0) is 44.1. The molecular weight excluding hydrogens is 811 g/mol. The van der Waals surface area contributed by atoms with Crippen molar-refractivity contribution in [2.45, 2.75) is 5.41 Å². The first kappa shape index (κ1) is 37.6. The molecule has 0 atom stereocenters. The van der Waals surface area contributed by atoms with Crippen molar-refractivity contribution in [3.05, 3.63) is 271 Å². The van der Waals surface area contributed by atoms with E-state index in [0.717, 1.165) is 50.1 Å². The quantitative estimate of drug-likeness (QED) is 0.166. The van der Waals surface area contributed by atoms with Crippen molar-refractivity contribution in [2.75, 3.05) is 4.90 Å². The Hall–Kier alpha value is -8.72. The second-order valence-electron chi connectivity index (χ2n) is 17.9. The molecule has 1 aromatic heterocycles. The summed E-state index contributed by atoms with van der Waals surface area (Å²) in [5, 5.41) is 4.53. The van der Waals surface area contributed by atoms with Crippen LogP contribution < -0.4 is 4.90 Å². The average Bonchev–Trinajstić information content (AvgIpc) is 4.02. The minimum absolute atomic E-state index is 0.441. The summed E-state index contributed by atoms with van der Waals surface area (Å²) in [7, 11) is 0. The summed E-state index contributed by atoms with van der Waals surface area (Å²) in [5.74, 6) is 0. The molecule has 0 radical (unpaired) electrons. The summed E-state index contributed by atoms with van der Waals surface area (Å²) < 4.78 is 7.11. The monoisotopic (exact) mass is 851 g/mol. The molecule has 0 saturated heterocycles. The highest BCUT2D eigenvalue weighted by molar-refractivity contribution is 6.19. The summed E-state index contributed by atoms with van der Waals surface area (Å²) in [6.07, 6.45) is 0. The number of benzene rings is 11. The first-order valence-electron chi connectivity index (χ1n) is 23.2.